The molecule has 2 aromatic carbocycles. The summed E-state index contributed by atoms with van der Waals surface area (Å²) >= 11 is 0. The first kappa shape index (κ1) is 19.1. The number of hydrogen-bond acceptors (Lipinski definition) is 3. The van der Waals surface area contributed by atoms with E-state index in [1.807, 2.05) is 23.1 Å². The van der Waals surface area contributed by atoms with Crippen molar-refractivity contribution in [2.24, 2.45) is 0 Å². The number of rotatable bonds is 5. The summed E-state index contributed by atoms with van der Waals surface area (Å²) in [4.78, 5) is 17.0. The zero-order chi connectivity index (χ0) is 19.2. The van der Waals surface area contributed by atoms with Crippen molar-refractivity contribution in [3.05, 3.63) is 53.6 Å². The van der Waals surface area contributed by atoms with E-state index in [2.05, 4.69) is 48.3 Å². The molecule has 1 heterocycles. The minimum atomic E-state index is -0.00380. The lowest BCUT2D eigenvalue weighted by Gasteiger charge is -2.36. The first-order valence-electron chi connectivity index (χ1n) is 9.72. The standard InChI is InChI=1S/C22H29N3O2/c1-4-17-8-6-9-18(5-2)21(17)23-22(26)25-14-12-24(13-15-25)19-10-7-11-20(16-19)27-3/h6-11,16H,4-5,12-15H2,1-3H3,(H,23,26). The molecule has 1 saturated heterocycles. The quantitative estimate of drug-likeness (QED) is 0.862. The van der Waals surface area contributed by atoms with Crippen molar-refractivity contribution in [3.8, 4) is 5.75 Å². The van der Waals surface area contributed by atoms with Crippen LogP contribution in [0.5, 0.6) is 5.75 Å². The number of nitrogens with one attached hydrogen (secondary N) is 1. The smallest absolute Gasteiger partial charge is 0.321 e. The zero-order valence-corrected chi connectivity index (χ0v) is 16.5. The van der Waals surface area contributed by atoms with E-state index in [4.69, 9.17) is 4.74 Å². The third-order valence-electron chi connectivity index (χ3n) is 5.22. The highest BCUT2D eigenvalue weighted by Gasteiger charge is 2.22. The van der Waals surface area contributed by atoms with Gasteiger partial charge in [-0.25, -0.2) is 4.79 Å². The summed E-state index contributed by atoms with van der Waals surface area (Å²) in [5.74, 6) is 0.857. The Bertz CT molecular complexity index is 761. The Balaban J connectivity index is 1.64. The van der Waals surface area contributed by atoms with Gasteiger partial charge in [0.05, 0.1) is 7.11 Å². The molecule has 0 radical (unpaired) electrons. The van der Waals surface area contributed by atoms with Gasteiger partial charge in [-0.15, -0.1) is 0 Å². The number of carbonyl (C=O) groups excluding carboxylic acids is 1. The topological polar surface area (TPSA) is 44.8 Å². The largest absolute Gasteiger partial charge is 0.497 e. The molecular formula is C22H29N3O2. The van der Waals surface area contributed by atoms with Crippen LogP contribution in [0.1, 0.15) is 25.0 Å². The Morgan fingerprint density at radius 2 is 1.63 bits per heavy atom. The fourth-order valence-corrected chi connectivity index (χ4v) is 3.56. The molecule has 0 aromatic heterocycles. The number of aryl methyl sites for hydroxylation is 2. The Labute approximate surface area is 161 Å². The molecule has 27 heavy (non-hydrogen) atoms. The molecule has 0 spiro atoms. The van der Waals surface area contributed by atoms with Gasteiger partial charge in [0.15, 0.2) is 0 Å². The average molecular weight is 367 g/mol. The minimum Gasteiger partial charge on any atom is -0.497 e. The summed E-state index contributed by atoms with van der Waals surface area (Å²) in [7, 11) is 1.68. The maximum atomic E-state index is 12.8. The number of carbonyl (C=O) groups is 1. The number of piperazine rings is 1. The van der Waals surface area contributed by atoms with Crippen molar-refractivity contribution in [1.29, 1.82) is 0 Å². The maximum absolute atomic E-state index is 12.8. The number of para-hydroxylation sites is 1. The van der Waals surface area contributed by atoms with Gasteiger partial charge in [-0.2, -0.15) is 0 Å². The average Bonchev–Trinajstić information content (AvgIpc) is 2.74. The summed E-state index contributed by atoms with van der Waals surface area (Å²) in [6.45, 7) is 7.29. The Kier molecular flexibility index (Phi) is 6.22. The van der Waals surface area contributed by atoms with Crippen LogP contribution in [-0.2, 0) is 12.8 Å². The van der Waals surface area contributed by atoms with E-state index >= 15 is 0 Å². The van der Waals surface area contributed by atoms with Gasteiger partial charge in [0.2, 0.25) is 0 Å². The van der Waals surface area contributed by atoms with E-state index in [-0.39, 0.29) is 6.03 Å². The number of amides is 2. The Morgan fingerprint density at radius 3 is 2.22 bits per heavy atom. The lowest BCUT2D eigenvalue weighted by atomic mass is 10.0. The van der Waals surface area contributed by atoms with Crippen LogP contribution >= 0.6 is 0 Å². The molecule has 0 unspecified atom stereocenters. The van der Waals surface area contributed by atoms with E-state index in [0.29, 0.717) is 13.1 Å². The molecule has 0 bridgehead atoms. The fourth-order valence-electron chi connectivity index (χ4n) is 3.56. The molecule has 1 aliphatic rings. The van der Waals surface area contributed by atoms with Crippen molar-refractivity contribution < 1.29 is 9.53 Å². The Morgan fingerprint density at radius 1 is 1.00 bits per heavy atom. The lowest BCUT2D eigenvalue weighted by Crippen LogP contribution is -2.50. The van der Waals surface area contributed by atoms with Crippen molar-refractivity contribution in [2.75, 3.05) is 43.5 Å². The van der Waals surface area contributed by atoms with Crippen LogP contribution in [0.4, 0.5) is 16.2 Å². The molecule has 2 amide bonds. The Hall–Kier alpha value is -2.69. The zero-order valence-electron chi connectivity index (χ0n) is 16.5. The van der Waals surface area contributed by atoms with E-state index in [9.17, 15) is 4.79 Å². The summed E-state index contributed by atoms with van der Waals surface area (Å²) in [6.07, 6.45) is 1.82. The molecule has 3 rings (SSSR count). The van der Waals surface area contributed by atoms with Crippen LogP contribution in [0, 0.1) is 0 Å². The summed E-state index contributed by atoms with van der Waals surface area (Å²) in [5.41, 5.74) is 4.51. The number of methoxy groups -OCH3 is 1. The van der Waals surface area contributed by atoms with E-state index in [0.717, 1.165) is 43.1 Å². The van der Waals surface area contributed by atoms with Crippen molar-refractivity contribution in [2.45, 2.75) is 26.7 Å². The second-order valence-corrected chi connectivity index (χ2v) is 6.76. The summed E-state index contributed by atoms with van der Waals surface area (Å²) in [5, 5.41) is 3.17. The maximum Gasteiger partial charge on any atom is 0.321 e. The molecular weight excluding hydrogens is 338 g/mol. The van der Waals surface area contributed by atoms with Crippen molar-refractivity contribution in [1.82, 2.24) is 4.90 Å². The van der Waals surface area contributed by atoms with Crippen LogP contribution < -0.4 is 15.0 Å². The number of nitrogens with zero attached hydrogens (tertiary/aromatic N) is 2. The van der Waals surface area contributed by atoms with E-state index < -0.39 is 0 Å². The molecule has 0 aliphatic carbocycles. The van der Waals surface area contributed by atoms with Crippen LogP contribution in [0.25, 0.3) is 0 Å². The predicted octanol–water partition coefficient (Wildman–Crippen LogP) is 4.17. The van der Waals surface area contributed by atoms with Gasteiger partial charge in [-0.3, -0.25) is 0 Å². The monoisotopic (exact) mass is 367 g/mol. The van der Waals surface area contributed by atoms with Crippen LogP contribution in [0.3, 0.4) is 0 Å². The summed E-state index contributed by atoms with van der Waals surface area (Å²) < 4.78 is 5.31. The minimum absolute atomic E-state index is 0.00380. The van der Waals surface area contributed by atoms with Crippen LogP contribution in [-0.4, -0.2) is 44.2 Å². The number of urea groups is 1. The molecule has 1 aliphatic heterocycles. The first-order valence-corrected chi connectivity index (χ1v) is 9.72. The van der Waals surface area contributed by atoms with Crippen LogP contribution in [0.15, 0.2) is 42.5 Å². The molecule has 5 heteroatoms. The van der Waals surface area contributed by atoms with Crippen molar-refractivity contribution >= 4 is 17.4 Å². The summed E-state index contributed by atoms with van der Waals surface area (Å²) in [6, 6.07) is 14.3. The molecule has 0 saturated carbocycles. The van der Waals surface area contributed by atoms with Gasteiger partial charge in [-0.1, -0.05) is 38.1 Å². The normalized spacial score (nSPS) is 14.2. The van der Waals surface area contributed by atoms with Crippen molar-refractivity contribution in [3.63, 3.8) is 0 Å². The van der Waals surface area contributed by atoms with E-state index in [1.165, 1.54) is 11.1 Å². The van der Waals surface area contributed by atoms with Crippen LogP contribution in [0.2, 0.25) is 0 Å². The number of hydrogen-bond donors (Lipinski definition) is 1. The number of ether oxygens (including phenoxy) is 1. The lowest BCUT2D eigenvalue weighted by molar-refractivity contribution is 0.208. The SMILES string of the molecule is CCc1cccc(CC)c1NC(=O)N1CCN(c2cccc(OC)c2)CC1. The molecule has 144 valence electrons. The first-order chi connectivity index (χ1) is 13.2. The van der Waals surface area contributed by atoms with Gasteiger partial charge >= 0.3 is 6.03 Å². The molecule has 5 nitrogen and oxygen atoms in total. The third-order valence-corrected chi connectivity index (χ3v) is 5.22. The number of anilines is 2. The second kappa shape index (κ2) is 8.80. The molecule has 0 atom stereocenters. The van der Waals surface area contributed by atoms with Gasteiger partial charge in [0.25, 0.3) is 0 Å². The highest BCUT2D eigenvalue weighted by molar-refractivity contribution is 5.91. The highest BCUT2D eigenvalue weighted by Crippen LogP contribution is 2.24. The van der Waals surface area contributed by atoms with Gasteiger partial charge in [-0.05, 0) is 36.1 Å². The number of benzene rings is 2. The fraction of sp³-hybridized carbons (Fsp3) is 0.409. The third kappa shape index (κ3) is 4.35. The highest BCUT2D eigenvalue weighted by atomic mass is 16.5. The second-order valence-electron chi connectivity index (χ2n) is 6.76. The molecule has 1 fully saturated rings. The van der Waals surface area contributed by atoms with Gasteiger partial charge in [0, 0.05) is 43.6 Å². The molecule has 2 aromatic rings. The van der Waals surface area contributed by atoms with E-state index in [1.54, 1.807) is 7.11 Å². The van der Waals surface area contributed by atoms with Gasteiger partial charge in [0.1, 0.15) is 5.75 Å². The van der Waals surface area contributed by atoms with Gasteiger partial charge < -0.3 is 19.9 Å². The molecule has 1 N–H and O–H groups in total. The predicted molar refractivity (Wildman–Crippen MR) is 111 cm³/mol.